The standard InChI is InChI=1S/C15H23N3O4S/c1-10-16-7-11(23-10)8-18-6-5-15(9-18,12(19)20)17-13(21)22-14(2,3)4/h7H,5-6,8-9H2,1-4H3,(H,17,21)(H,19,20). The van der Waals surface area contributed by atoms with Crippen LogP contribution in [0.3, 0.4) is 0 Å². The number of carbonyl (C=O) groups excluding carboxylic acids is 1. The number of thiazole rings is 1. The van der Waals surface area contributed by atoms with Crippen molar-refractivity contribution in [2.75, 3.05) is 13.1 Å². The third kappa shape index (κ3) is 4.65. The second kappa shape index (κ2) is 6.45. The number of carboxylic acid groups (broad SMARTS) is 1. The summed E-state index contributed by atoms with van der Waals surface area (Å²) in [7, 11) is 0. The van der Waals surface area contributed by atoms with Gasteiger partial charge in [0, 0.05) is 30.7 Å². The van der Waals surface area contributed by atoms with E-state index in [4.69, 9.17) is 4.74 Å². The van der Waals surface area contributed by atoms with Gasteiger partial charge >= 0.3 is 12.1 Å². The molecule has 1 unspecified atom stereocenters. The number of hydrogen-bond acceptors (Lipinski definition) is 6. The third-order valence-corrected chi connectivity index (χ3v) is 4.44. The van der Waals surface area contributed by atoms with Gasteiger partial charge in [0.1, 0.15) is 5.60 Å². The number of nitrogens with zero attached hydrogens (tertiary/aromatic N) is 2. The fraction of sp³-hybridized carbons (Fsp3) is 0.667. The van der Waals surface area contributed by atoms with E-state index >= 15 is 0 Å². The topological polar surface area (TPSA) is 91.8 Å². The molecule has 7 nitrogen and oxygen atoms in total. The maximum atomic E-state index is 12.0. The predicted octanol–water partition coefficient (Wildman–Crippen LogP) is 2.01. The van der Waals surface area contributed by atoms with Gasteiger partial charge in [-0.15, -0.1) is 11.3 Å². The molecule has 128 valence electrons. The average molecular weight is 341 g/mol. The van der Waals surface area contributed by atoms with Crippen LogP contribution in [0.1, 0.15) is 37.1 Å². The molecule has 1 aliphatic heterocycles. The highest BCUT2D eigenvalue weighted by molar-refractivity contribution is 7.11. The van der Waals surface area contributed by atoms with E-state index in [1.54, 1.807) is 32.1 Å². The van der Waals surface area contributed by atoms with E-state index in [-0.39, 0.29) is 6.54 Å². The van der Waals surface area contributed by atoms with Crippen molar-refractivity contribution in [2.45, 2.75) is 51.8 Å². The Hall–Kier alpha value is -1.67. The number of nitrogens with one attached hydrogen (secondary N) is 1. The molecule has 0 radical (unpaired) electrons. The van der Waals surface area contributed by atoms with Crippen molar-refractivity contribution in [3.05, 3.63) is 16.1 Å². The Kier molecular flexibility index (Phi) is 4.95. The van der Waals surface area contributed by atoms with Gasteiger partial charge in [-0.3, -0.25) is 4.90 Å². The van der Waals surface area contributed by atoms with E-state index in [2.05, 4.69) is 10.3 Å². The van der Waals surface area contributed by atoms with Crippen molar-refractivity contribution in [2.24, 2.45) is 0 Å². The first-order chi connectivity index (χ1) is 10.6. The number of aryl methyl sites for hydroxylation is 1. The molecule has 2 N–H and O–H groups in total. The zero-order valence-corrected chi connectivity index (χ0v) is 14.7. The molecule has 1 fully saturated rings. The largest absolute Gasteiger partial charge is 0.479 e. The Morgan fingerprint density at radius 1 is 1.52 bits per heavy atom. The molecule has 0 aromatic carbocycles. The fourth-order valence-electron chi connectivity index (χ4n) is 2.55. The Labute approximate surface area is 139 Å². The van der Waals surface area contributed by atoms with Gasteiger partial charge in [0.2, 0.25) is 0 Å². The maximum Gasteiger partial charge on any atom is 0.408 e. The summed E-state index contributed by atoms with van der Waals surface area (Å²) in [5, 5.41) is 13.1. The fourth-order valence-corrected chi connectivity index (χ4v) is 3.39. The summed E-state index contributed by atoms with van der Waals surface area (Å²) < 4.78 is 5.19. The third-order valence-electron chi connectivity index (χ3n) is 3.55. The van der Waals surface area contributed by atoms with Gasteiger partial charge in [0.25, 0.3) is 0 Å². The van der Waals surface area contributed by atoms with Crippen molar-refractivity contribution in [3.8, 4) is 0 Å². The van der Waals surface area contributed by atoms with Crippen LogP contribution in [0.4, 0.5) is 4.79 Å². The molecule has 2 heterocycles. The van der Waals surface area contributed by atoms with Crippen LogP contribution in [0, 0.1) is 6.92 Å². The molecular formula is C15H23N3O4S. The maximum absolute atomic E-state index is 12.0. The second-order valence-electron chi connectivity index (χ2n) is 6.82. The Morgan fingerprint density at radius 2 is 2.22 bits per heavy atom. The first-order valence-corrected chi connectivity index (χ1v) is 8.29. The first-order valence-electron chi connectivity index (χ1n) is 7.48. The van der Waals surface area contributed by atoms with Gasteiger partial charge in [-0.1, -0.05) is 0 Å². The van der Waals surface area contributed by atoms with Gasteiger partial charge in [-0.25, -0.2) is 14.6 Å². The Morgan fingerprint density at radius 3 is 2.74 bits per heavy atom. The number of rotatable bonds is 4. The number of alkyl carbamates (subject to hydrolysis) is 1. The molecule has 1 aromatic rings. The summed E-state index contributed by atoms with van der Waals surface area (Å²) in [6.07, 6.45) is 1.46. The minimum atomic E-state index is -1.30. The molecule has 1 saturated heterocycles. The lowest BCUT2D eigenvalue weighted by atomic mass is 9.99. The highest BCUT2D eigenvalue weighted by Crippen LogP contribution is 2.25. The lowest BCUT2D eigenvalue weighted by Gasteiger charge is -2.28. The van der Waals surface area contributed by atoms with E-state index in [1.165, 1.54) is 0 Å². The monoisotopic (exact) mass is 341 g/mol. The minimum absolute atomic E-state index is 0.249. The van der Waals surface area contributed by atoms with Crippen LogP contribution < -0.4 is 5.32 Å². The van der Waals surface area contributed by atoms with Crippen molar-refractivity contribution in [1.82, 2.24) is 15.2 Å². The molecular weight excluding hydrogens is 318 g/mol. The van der Waals surface area contributed by atoms with Crippen LogP contribution in [0.2, 0.25) is 0 Å². The summed E-state index contributed by atoms with van der Waals surface area (Å²) in [6.45, 7) is 8.64. The van der Waals surface area contributed by atoms with E-state index < -0.39 is 23.2 Å². The molecule has 23 heavy (non-hydrogen) atoms. The molecule has 0 spiro atoms. The molecule has 8 heteroatoms. The van der Waals surface area contributed by atoms with Crippen LogP contribution in [-0.4, -0.2) is 51.3 Å². The molecule has 1 atom stereocenters. The SMILES string of the molecule is Cc1ncc(CN2CCC(NC(=O)OC(C)(C)C)(C(=O)O)C2)s1. The molecule has 1 aromatic heterocycles. The van der Waals surface area contributed by atoms with Gasteiger partial charge in [0.15, 0.2) is 5.54 Å². The van der Waals surface area contributed by atoms with Crippen molar-refractivity contribution >= 4 is 23.4 Å². The molecule has 1 aliphatic rings. The molecule has 2 rings (SSSR count). The van der Waals surface area contributed by atoms with E-state index in [9.17, 15) is 14.7 Å². The van der Waals surface area contributed by atoms with Gasteiger partial charge in [-0.2, -0.15) is 0 Å². The van der Waals surface area contributed by atoms with E-state index in [1.807, 2.05) is 18.0 Å². The van der Waals surface area contributed by atoms with Crippen molar-refractivity contribution in [3.63, 3.8) is 0 Å². The summed E-state index contributed by atoms with van der Waals surface area (Å²) >= 11 is 1.59. The Balaban J connectivity index is 2.02. The molecule has 0 aliphatic carbocycles. The van der Waals surface area contributed by atoms with Crippen molar-refractivity contribution < 1.29 is 19.4 Å². The van der Waals surface area contributed by atoms with Gasteiger partial charge in [0.05, 0.1) is 5.01 Å². The van der Waals surface area contributed by atoms with E-state index in [0.717, 1.165) is 9.88 Å². The Bertz CT molecular complexity index is 596. The van der Waals surface area contributed by atoms with Gasteiger partial charge < -0.3 is 15.2 Å². The van der Waals surface area contributed by atoms with Crippen LogP contribution >= 0.6 is 11.3 Å². The average Bonchev–Trinajstić information content (AvgIpc) is 2.95. The lowest BCUT2D eigenvalue weighted by Crippen LogP contribution is -2.57. The quantitative estimate of drug-likeness (QED) is 0.870. The zero-order chi connectivity index (χ0) is 17.3. The van der Waals surface area contributed by atoms with Gasteiger partial charge in [-0.05, 0) is 34.1 Å². The number of carbonyl (C=O) groups is 2. The zero-order valence-electron chi connectivity index (χ0n) is 13.9. The number of amides is 1. The highest BCUT2D eigenvalue weighted by Gasteiger charge is 2.47. The summed E-state index contributed by atoms with van der Waals surface area (Å²) in [4.78, 5) is 31.0. The van der Waals surface area contributed by atoms with Crippen LogP contribution in [0.25, 0.3) is 0 Å². The number of aliphatic carboxylic acids is 1. The van der Waals surface area contributed by atoms with Crippen LogP contribution in [-0.2, 0) is 16.1 Å². The first kappa shape index (κ1) is 17.7. The molecule has 0 bridgehead atoms. The molecule has 1 amide bonds. The number of likely N-dealkylation sites (tertiary alicyclic amines) is 1. The van der Waals surface area contributed by atoms with Crippen LogP contribution in [0.15, 0.2) is 6.20 Å². The number of hydrogen-bond donors (Lipinski definition) is 2. The number of carboxylic acids is 1. The predicted molar refractivity (Wildman–Crippen MR) is 86.5 cm³/mol. The highest BCUT2D eigenvalue weighted by atomic mass is 32.1. The summed E-state index contributed by atoms with van der Waals surface area (Å²) in [5.41, 5.74) is -1.97. The smallest absolute Gasteiger partial charge is 0.408 e. The van der Waals surface area contributed by atoms with E-state index in [0.29, 0.717) is 19.5 Å². The number of aromatic nitrogens is 1. The molecule has 0 saturated carbocycles. The minimum Gasteiger partial charge on any atom is -0.479 e. The van der Waals surface area contributed by atoms with Crippen molar-refractivity contribution in [1.29, 1.82) is 0 Å². The van der Waals surface area contributed by atoms with Crippen LogP contribution in [0.5, 0.6) is 0 Å². The lowest BCUT2D eigenvalue weighted by molar-refractivity contribution is -0.144. The summed E-state index contributed by atoms with van der Waals surface area (Å²) in [6, 6.07) is 0. The normalized spacial score (nSPS) is 22.1. The number of ether oxygens (including phenoxy) is 1. The second-order valence-corrected chi connectivity index (χ2v) is 8.14. The summed E-state index contributed by atoms with van der Waals surface area (Å²) in [5.74, 6) is -1.04.